The van der Waals surface area contributed by atoms with Crippen molar-refractivity contribution in [1.82, 2.24) is 10.2 Å². The molecule has 16 heavy (non-hydrogen) atoms. The second-order valence-corrected chi connectivity index (χ2v) is 4.78. The normalized spacial score (nSPS) is 32.6. The Morgan fingerprint density at radius 1 is 1.44 bits per heavy atom. The molecule has 2 unspecified atom stereocenters. The molecule has 2 heterocycles. The van der Waals surface area contributed by atoms with Crippen molar-refractivity contribution in [1.29, 1.82) is 0 Å². The molecule has 2 atom stereocenters. The van der Waals surface area contributed by atoms with Crippen molar-refractivity contribution >= 4 is 0 Å². The van der Waals surface area contributed by atoms with Gasteiger partial charge in [0.15, 0.2) is 0 Å². The number of rotatable bonds is 2. The van der Waals surface area contributed by atoms with Crippen LogP contribution >= 0.6 is 0 Å². The van der Waals surface area contributed by atoms with Crippen molar-refractivity contribution < 1.29 is 0 Å². The molecule has 1 fully saturated rings. The highest BCUT2D eigenvalue weighted by Gasteiger charge is 2.33. The van der Waals surface area contributed by atoms with Crippen molar-refractivity contribution in [2.75, 3.05) is 19.6 Å². The molecule has 2 aliphatic heterocycles. The summed E-state index contributed by atoms with van der Waals surface area (Å²) >= 11 is 0. The van der Waals surface area contributed by atoms with Crippen LogP contribution in [0.5, 0.6) is 0 Å². The molecule has 2 aliphatic rings. The third-order valence-electron chi connectivity index (χ3n) is 3.99. The van der Waals surface area contributed by atoms with Crippen LogP contribution in [0.25, 0.3) is 0 Å². The maximum absolute atomic E-state index is 3.50. The summed E-state index contributed by atoms with van der Waals surface area (Å²) < 4.78 is 0. The van der Waals surface area contributed by atoms with Crippen molar-refractivity contribution in [2.45, 2.75) is 39.7 Å². The van der Waals surface area contributed by atoms with Crippen LogP contribution in [-0.4, -0.2) is 30.6 Å². The van der Waals surface area contributed by atoms with Gasteiger partial charge in [-0.25, -0.2) is 0 Å². The van der Waals surface area contributed by atoms with Gasteiger partial charge in [0.1, 0.15) is 0 Å². The Hall–Kier alpha value is -0.760. The summed E-state index contributed by atoms with van der Waals surface area (Å²) in [5, 5.41) is 3.50. The second-order valence-electron chi connectivity index (χ2n) is 4.78. The fraction of sp³-hybridized carbons (Fsp3) is 0.714. The quantitative estimate of drug-likeness (QED) is 0.769. The molecule has 0 bridgehead atoms. The van der Waals surface area contributed by atoms with Gasteiger partial charge in [-0.1, -0.05) is 26.0 Å². The van der Waals surface area contributed by atoms with E-state index >= 15 is 0 Å². The van der Waals surface area contributed by atoms with Crippen molar-refractivity contribution in [3.8, 4) is 0 Å². The van der Waals surface area contributed by atoms with E-state index in [9.17, 15) is 0 Å². The standard InChI is InChI=1S/C14H24N2/c1-4-11-9-14-12(5-2)10-15-7-8-16(14)13(11)6-3/h5,9,11,13,15H,4,6-8,10H2,1-3H3/b12-5-. The lowest BCUT2D eigenvalue weighted by molar-refractivity contribution is 0.238. The zero-order valence-corrected chi connectivity index (χ0v) is 10.8. The number of hydrogen-bond acceptors (Lipinski definition) is 2. The molecule has 0 aromatic rings. The molecule has 0 aromatic heterocycles. The Balaban J connectivity index is 2.29. The molecule has 2 rings (SSSR count). The molecule has 0 aromatic carbocycles. The van der Waals surface area contributed by atoms with Crippen LogP contribution in [0.1, 0.15) is 33.6 Å². The van der Waals surface area contributed by atoms with E-state index in [4.69, 9.17) is 0 Å². The molecule has 0 aliphatic carbocycles. The summed E-state index contributed by atoms with van der Waals surface area (Å²) in [6.07, 6.45) is 7.30. The van der Waals surface area contributed by atoms with E-state index in [0.717, 1.165) is 31.6 Å². The first-order chi connectivity index (χ1) is 7.81. The Bertz CT molecular complexity index is 304. The van der Waals surface area contributed by atoms with Crippen LogP contribution in [-0.2, 0) is 0 Å². The van der Waals surface area contributed by atoms with Gasteiger partial charge in [0.2, 0.25) is 0 Å². The maximum atomic E-state index is 3.50. The van der Waals surface area contributed by atoms with Gasteiger partial charge >= 0.3 is 0 Å². The second kappa shape index (κ2) is 5.05. The van der Waals surface area contributed by atoms with Gasteiger partial charge in [-0.2, -0.15) is 0 Å². The molecular formula is C14H24N2. The van der Waals surface area contributed by atoms with E-state index in [0.29, 0.717) is 0 Å². The van der Waals surface area contributed by atoms with Crippen molar-refractivity contribution in [2.24, 2.45) is 5.92 Å². The number of hydrogen-bond donors (Lipinski definition) is 1. The molecule has 1 N–H and O–H groups in total. The van der Waals surface area contributed by atoms with Gasteiger partial charge in [-0.05, 0) is 31.3 Å². The topological polar surface area (TPSA) is 15.3 Å². The highest BCUT2D eigenvalue weighted by atomic mass is 15.2. The predicted octanol–water partition coefficient (Wildman–Crippen LogP) is 2.54. The largest absolute Gasteiger partial charge is 0.367 e. The lowest BCUT2D eigenvalue weighted by Gasteiger charge is -2.30. The van der Waals surface area contributed by atoms with E-state index in [1.165, 1.54) is 24.1 Å². The lowest BCUT2D eigenvalue weighted by atomic mass is 9.97. The first-order valence-electron chi connectivity index (χ1n) is 6.66. The summed E-state index contributed by atoms with van der Waals surface area (Å²) in [6.45, 7) is 10.1. The van der Waals surface area contributed by atoms with Crippen LogP contribution in [0.2, 0.25) is 0 Å². The minimum atomic E-state index is 0.731. The highest BCUT2D eigenvalue weighted by molar-refractivity contribution is 5.36. The average molecular weight is 220 g/mol. The smallest absolute Gasteiger partial charge is 0.0374 e. The van der Waals surface area contributed by atoms with E-state index in [1.807, 2.05) is 0 Å². The fourth-order valence-corrected chi connectivity index (χ4v) is 3.07. The van der Waals surface area contributed by atoms with E-state index in [1.54, 1.807) is 0 Å². The van der Waals surface area contributed by atoms with E-state index in [-0.39, 0.29) is 0 Å². The molecule has 0 spiro atoms. The number of allylic oxidation sites excluding steroid dienone is 1. The van der Waals surface area contributed by atoms with Gasteiger partial charge in [0.25, 0.3) is 0 Å². The molecule has 90 valence electrons. The van der Waals surface area contributed by atoms with Crippen LogP contribution in [0.4, 0.5) is 0 Å². The van der Waals surface area contributed by atoms with Crippen LogP contribution in [0.3, 0.4) is 0 Å². The van der Waals surface area contributed by atoms with Gasteiger partial charge in [0, 0.05) is 31.4 Å². The zero-order chi connectivity index (χ0) is 11.5. The number of fused-ring (bicyclic) bond motifs is 1. The fourth-order valence-electron chi connectivity index (χ4n) is 3.07. The summed E-state index contributed by atoms with van der Waals surface area (Å²) in [7, 11) is 0. The minimum absolute atomic E-state index is 0.731. The summed E-state index contributed by atoms with van der Waals surface area (Å²) in [5.74, 6) is 0.757. The third-order valence-corrected chi connectivity index (χ3v) is 3.99. The average Bonchev–Trinajstić information content (AvgIpc) is 2.55. The zero-order valence-electron chi connectivity index (χ0n) is 10.8. The Kier molecular flexibility index (Phi) is 3.70. The summed E-state index contributed by atoms with van der Waals surface area (Å²) in [6, 6.07) is 0.731. The highest BCUT2D eigenvalue weighted by Crippen LogP contribution is 2.35. The van der Waals surface area contributed by atoms with Crippen molar-refractivity contribution in [3.05, 3.63) is 23.4 Å². The Morgan fingerprint density at radius 2 is 2.25 bits per heavy atom. The van der Waals surface area contributed by atoms with Gasteiger partial charge in [-0.3, -0.25) is 0 Å². The first kappa shape index (κ1) is 11.7. The molecule has 2 heteroatoms. The summed E-state index contributed by atoms with van der Waals surface area (Å²) in [4.78, 5) is 2.63. The SMILES string of the molecule is C/C=C1/CNCCN2C1=CC(CC)C2CC. The monoisotopic (exact) mass is 220 g/mol. The van der Waals surface area contributed by atoms with Crippen LogP contribution < -0.4 is 5.32 Å². The molecule has 1 saturated heterocycles. The first-order valence-corrected chi connectivity index (χ1v) is 6.66. The number of nitrogens with one attached hydrogen (secondary N) is 1. The maximum Gasteiger partial charge on any atom is 0.0374 e. The van der Waals surface area contributed by atoms with Gasteiger partial charge in [-0.15, -0.1) is 0 Å². The minimum Gasteiger partial charge on any atom is -0.367 e. The Morgan fingerprint density at radius 3 is 2.88 bits per heavy atom. The molecule has 0 radical (unpaired) electrons. The molecule has 0 amide bonds. The van der Waals surface area contributed by atoms with Crippen LogP contribution in [0.15, 0.2) is 23.4 Å². The predicted molar refractivity (Wildman–Crippen MR) is 69.3 cm³/mol. The molecular weight excluding hydrogens is 196 g/mol. The molecule has 2 nitrogen and oxygen atoms in total. The van der Waals surface area contributed by atoms with Gasteiger partial charge in [0.05, 0.1) is 0 Å². The van der Waals surface area contributed by atoms with E-state index < -0.39 is 0 Å². The van der Waals surface area contributed by atoms with Crippen LogP contribution in [0, 0.1) is 5.92 Å². The van der Waals surface area contributed by atoms with Crippen molar-refractivity contribution in [3.63, 3.8) is 0 Å². The lowest BCUT2D eigenvalue weighted by Crippen LogP contribution is -2.36. The third kappa shape index (κ3) is 1.91. The van der Waals surface area contributed by atoms with Gasteiger partial charge < -0.3 is 10.2 Å². The Labute approximate surface area is 99.4 Å². The number of nitrogens with zero attached hydrogens (tertiary/aromatic N) is 1. The summed E-state index contributed by atoms with van der Waals surface area (Å²) in [5.41, 5.74) is 2.98. The molecule has 0 saturated carbocycles. The van der Waals surface area contributed by atoms with E-state index in [2.05, 4.69) is 43.1 Å².